The van der Waals surface area contributed by atoms with Crippen molar-refractivity contribution in [3.8, 4) is 0 Å². The van der Waals surface area contributed by atoms with E-state index in [2.05, 4.69) is 37.7 Å². The first-order valence-electron chi connectivity index (χ1n) is 6.98. The smallest absolute Gasteiger partial charge is 0.0117 e. The van der Waals surface area contributed by atoms with E-state index in [1.165, 1.54) is 38.9 Å². The number of piperidine rings is 1. The van der Waals surface area contributed by atoms with Gasteiger partial charge < -0.3 is 9.80 Å². The van der Waals surface area contributed by atoms with E-state index in [-0.39, 0.29) is 0 Å². The van der Waals surface area contributed by atoms with E-state index in [1.54, 1.807) is 0 Å². The van der Waals surface area contributed by atoms with Crippen LogP contribution in [0.4, 0.5) is 0 Å². The second-order valence-corrected chi connectivity index (χ2v) is 5.20. The summed E-state index contributed by atoms with van der Waals surface area (Å²) in [4.78, 5) is 5.00. The summed E-state index contributed by atoms with van der Waals surface area (Å²) in [6, 6.07) is 0.838. The van der Waals surface area contributed by atoms with Gasteiger partial charge in [-0.25, -0.2) is 0 Å². The first kappa shape index (κ1) is 15.9. The monoisotopic (exact) mass is 228 g/mol. The second-order valence-electron chi connectivity index (χ2n) is 5.20. The summed E-state index contributed by atoms with van der Waals surface area (Å²) in [6.45, 7) is 12.4. The number of nitrogens with zero attached hydrogens (tertiary/aromatic N) is 2. The van der Waals surface area contributed by atoms with Gasteiger partial charge in [-0.3, -0.25) is 0 Å². The Balaban J connectivity index is 0.00000106. The van der Waals surface area contributed by atoms with Gasteiger partial charge in [0, 0.05) is 6.04 Å². The van der Waals surface area contributed by atoms with Crippen LogP contribution in [0, 0.1) is 5.92 Å². The zero-order chi connectivity index (χ0) is 12.6. The average Bonchev–Trinajstić information content (AvgIpc) is 2.29. The largest absolute Gasteiger partial charge is 0.306 e. The average molecular weight is 228 g/mol. The number of hydrogen-bond donors (Lipinski definition) is 0. The van der Waals surface area contributed by atoms with Crippen molar-refractivity contribution in [2.75, 3.05) is 33.7 Å². The van der Waals surface area contributed by atoms with Gasteiger partial charge in [-0.2, -0.15) is 0 Å². The van der Waals surface area contributed by atoms with Crippen LogP contribution in [-0.4, -0.2) is 49.6 Å². The fourth-order valence-electron chi connectivity index (χ4n) is 2.08. The molecule has 0 N–H and O–H groups in total. The molecule has 16 heavy (non-hydrogen) atoms. The molecule has 0 unspecified atom stereocenters. The van der Waals surface area contributed by atoms with Crippen molar-refractivity contribution in [2.24, 2.45) is 5.92 Å². The van der Waals surface area contributed by atoms with Gasteiger partial charge in [-0.05, 0) is 58.9 Å². The molecular formula is C14H32N2. The Labute approximate surface area is 103 Å². The molecule has 1 rings (SSSR count). The molecule has 2 heteroatoms. The van der Waals surface area contributed by atoms with Crippen LogP contribution >= 0.6 is 0 Å². The van der Waals surface area contributed by atoms with Crippen LogP contribution in [0.25, 0.3) is 0 Å². The van der Waals surface area contributed by atoms with Crippen molar-refractivity contribution in [2.45, 2.75) is 53.0 Å². The molecule has 0 bridgehead atoms. The van der Waals surface area contributed by atoms with Crippen LogP contribution in [0.3, 0.4) is 0 Å². The fourth-order valence-corrected chi connectivity index (χ4v) is 2.08. The summed E-state index contributed by atoms with van der Waals surface area (Å²) < 4.78 is 0. The normalized spacial score (nSPS) is 18.8. The molecule has 0 spiro atoms. The second kappa shape index (κ2) is 9.00. The van der Waals surface area contributed by atoms with Gasteiger partial charge >= 0.3 is 0 Å². The van der Waals surface area contributed by atoms with Crippen LogP contribution in [0.1, 0.15) is 47.0 Å². The van der Waals surface area contributed by atoms with Gasteiger partial charge in [0.05, 0.1) is 0 Å². The lowest BCUT2D eigenvalue weighted by atomic mass is 10.0. The highest BCUT2D eigenvalue weighted by Gasteiger charge is 2.19. The number of hydrogen-bond acceptors (Lipinski definition) is 2. The van der Waals surface area contributed by atoms with E-state index >= 15 is 0 Å². The maximum absolute atomic E-state index is 2.56. The van der Waals surface area contributed by atoms with Crippen LogP contribution < -0.4 is 0 Å². The van der Waals surface area contributed by atoms with E-state index in [0.717, 1.165) is 12.0 Å². The lowest BCUT2D eigenvalue weighted by Crippen LogP contribution is -2.42. The zero-order valence-corrected chi connectivity index (χ0v) is 12.3. The van der Waals surface area contributed by atoms with Gasteiger partial charge in [0.1, 0.15) is 0 Å². The van der Waals surface area contributed by atoms with Crippen LogP contribution in [0.2, 0.25) is 0 Å². The van der Waals surface area contributed by atoms with Crippen molar-refractivity contribution >= 4 is 0 Å². The van der Waals surface area contributed by atoms with E-state index in [4.69, 9.17) is 0 Å². The summed E-state index contributed by atoms with van der Waals surface area (Å²) in [6.07, 6.45) is 4.04. The third-order valence-electron chi connectivity index (χ3n) is 3.37. The Morgan fingerprint density at radius 3 is 2.12 bits per heavy atom. The van der Waals surface area contributed by atoms with E-state index in [9.17, 15) is 0 Å². The molecule has 1 aliphatic heterocycles. The minimum atomic E-state index is 0.837. The third-order valence-corrected chi connectivity index (χ3v) is 3.37. The number of likely N-dealkylation sites (tertiary alicyclic amines) is 1. The molecule has 0 aromatic rings. The fraction of sp³-hybridized carbons (Fsp3) is 1.00. The molecule has 0 saturated carbocycles. The van der Waals surface area contributed by atoms with E-state index < -0.39 is 0 Å². The Kier molecular flexibility index (Phi) is 8.96. The lowest BCUT2D eigenvalue weighted by molar-refractivity contribution is 0.140. The minimum absolute atomic E-state index is 0.837. The Hall–Kier alpha value is -0.0800. The van der Waals surface area contributed by atoms with Crippen molar-refractivity contribution in [3.63, 3.8) is 0 Å². The maximum atomic E-state index is 2.56. The highest BCUT2D eigenvalue weighted by Crippen LogP contribution is 2.15. The molecule has 0 atom stereocenters. The van der Waals surface area contributed by atoms with Crippen LogP contribution in [-0.2, 0) is 0 Å². The van der Waals surface area contributed by atoms with Gasteiger partial charge in [-0.1, -0.05) is 27.7 Å². The summed E-state index contributed by atoms with van der Waals surface area (Å²) in [5.74, 6) is 0.837. The lowest BCUT2D eigenvalue weighted by Gasteiger charge is -2.35. The maximum Gasteiger partial charge on any atom is 0.0117 e. The molecule has 0 aliphatic carbocycles. The summed E-state index contributed by atoms with van der Waals surface area (Å²) >= 11 is 0. The van der Waals surface area contributed by atoms with E-state index in [1.807, 2.05) is 13.8 Å². The highest BCUT2D eigenvalue weighted by atomic mass is 15.2. The van der Waals surface area contributed by atoms with Crippen molar-refractivity contribution < 1.29 is 0 Å². The Bertz CT molecular complexity index is 149. The van der Waals surface area contributed by atoms with Gasteiger partial charge in [0.15, 0.2) is 0 Å². The SMILES string of the molecule is CC.CC(C)CCN(C)C1CCN(C)CC1. The minimum Gasteiger partial charge on any atom is -0.306 e. The molecule has 1 fully saturated rings. The Morgan fingerprint density at radius 2 is 1.69 bits per heavy atom. The third kappa shape index (κ3) is 6.49. The van der Waals surface area contributed by atoms with Crippen LogP contribution in [0.5, 0.6) is 0 Å². The van der Waals surface area contributed by atoms with Crippen molar-refractivity contribution in [1.82, 2.24) is 9.80 Å². The van der Waals surface area contributed by atoms with Crippen molar-refractivity contribution in [1.29, 1.82) is 0 Å². The molecule has 1 saturated heterocycles. The molecule has 1 aliphatic rings. The van der Waals surface area contributed by atoms with Crippen LogP contribution in [0.15, 0.2) is 0 Å². The molecule has 0 aromatic carbocycles. The quantitative estimate of drug-likeness (QED) is 0.729. The highest BCUT2D eigenvalue weighted by molar-refractivity contribution is 4.76. The first-order chi connectivity index (χ1) is 7.59. The standard InChI is InChI=1S/C12H26N2.C2H6/c1-11(2)5-10-14(4)12-6-8-13(3)9-7-12;1-2/h11-12H,5-10H2,1-4H3;1-2H3. The summed E-state index contributed by atoms with van der Waals surface area (Å²) in [7, 11) is 4.52. The molecule has 0 amide bonds. The molecule has 2 nitrogen and oxygen atoms in total. The zero-order valence-electron chi connectivity index (χ0n) is 12.3. The topological polar surface area (TPSA) is 6.48 Å². The summed E-state index contributed by atoms with van der Waals surface area (Å²) in [5.41, 5.74) is 0. The van der Waals surface area contributed by atoms with Gasteiger partial charge in [-0.15, -0.1) is 0 Å². The first-order valence-corrected chi connectivity index (χ1v) is 6.98. The number of rotatable bonds is 4. The summed E-state index contributed by atoms with van der Waals surface area (Å²) in [5, 5.41) is 0. The molecule has 0 aromatic heterocycles. The molecular weight excluding hydrogens is 196 g/mol. The predicted molar refractivity (Wildman–Crippen MR) is 74.0 cm³/mol. The Morgan fingerprint density at radius 1 is 1.19 bits per heavy atom. The van der Waals surface area contributed by atoms with Gasteiger partial charge in [0.2, 0.25) is 0 Å². The van der Waals surface area contributed by atoms with Crippen molar-refractivity contribution in [3.05, 3.63) is 0 Å². The molecule has 0 radical (unpaired) electrons. The molecule has 98 valence electrons. The predicted octanol–water partition coefficient (Wildman–Crippen LogP) is 3.08. The molecule has 1 heterocycles. The van der Waals surface area contributed by atoms with E-state index in [0.29, 0.717) is 0 Å². The van der Waals surface area contributed by atoms with Gasteiger partial charge in [0.25, 0.3) is 0 Å².